The molecule has 1 aromatic carbocycles. The lowest BCUT2D eigenvalue weighted by Gasteiger charge is -2.28. The molecule has 0 bridgehead atoms. The fraction of sp³-hybridized carbons (Fsp3) is 0.250. The first kappa shape index (κ1) is 19.4. The highest BCUT2D eigenvalue weighted by Gasteiger charge is 2.15. The molecule has 4 heterocycles. The van der Waals surface area contributed by atoms with Gasteiger partial charge in [0.25, 0.3) is 0 Å². The second-order valence-electron chi connectivity index (χ2n) is 7.88. The maximum atomic E-state index is 13.0. The van der Waals surface area contributed by atoms with Crippen molar-refractivity contribution in [2.75, 3.05) is 31.1 Å². The fourth-order valence-corrected chi connectivity index (χ4v) is 3.96. The van der Waals surface area contributed by atoms with Crippen molar-refractivity contribution < 1.29 is 4.79 Å². The Labute approximate surface area is 180 Å². The zero-order chi connectivity index (χ0) is 21.2. The molecular formula is C24H24N6O. The van der Waals surface area contributed by atoms with Crippen LogP contribution in [0.25, 0.3) is 21.9 Å². The Bertz CT molecular complexity index is 1240. The summed E-state index contributed by atoms with van der Waals surface area (Å²) in [6, 6.07) is 11.9. The van der Waals surface area contributed by atoms with Crippen LogP contribution in [0.2, 0.25) is 0 Å². The summed E-state index contributed by atoms with van der Waals surface area (Å²) in [7, 11) is 1.91. The first-order valence-electron chi connectivity index (χ1n) is 10.5. The van der Waals surface area contributed by atoms with Crippen molar-refractivity contribution in [3.8, 4) is 11.1 Å². The summed E-state index contributed by atoms with van der Waals surface area (Å²) in [6.07, 6.45) is 7.67. The van der Waals surface area contributed by atoms with Gasteiger partial charge in [-0.25, -0.2) is 4.98 Å². The van der Waals surface area contributed by atoms with Crippen LogP contribution in [0.3, 0.4) is 0 Å². The molecule has 5 rings (SSSR count). The number of hydrogen-bond acceptors (Lipinski definition) is 6. The quantitative estimate of drug-likeness (QED) is 0.508. The predicted octanol–water partition coefficient (Wildman–Crippen LogP) is 2.87. The van der Waals surface area contributed by atoms with E-state index >= 15 is 0 Å². The molecule has 0 radical (unpaired) electrons. The number of nitrogens with zero attached hydrogens (tertiary/aromatic N) is 5. The van der Waals surface area contributed by atoms with Crippen LogP contribution in [-0.2, 0) is 13.5 Å². The van der Waals surface area contributed by atoms with E-state index in [1.807, 2.05) is 37.8 Å². The number of carbonyl (C=O) groups is 1. The minimum atomic E-state index is 0.0500. The van der Waals surface area contributed by atoms with Crippen LogP contribution in [-0.4, -0.2) is 51.7 Å². The van der Waals surface area contributed by atoms with Crippen LogP contribution in [0, 0.1) is 0 Å². The van der Waals surface area contributed by atoms with E-state index in [9.17, 15) is 4.79 Å². The number of aryl methyl sites for hydroxylation is 1. The molecule has 1 N–H and O–H groups in total. The average Bonchev–Trinajstić information content (AvgIpc) is 3.25. The van der Waals surface area contributed by atoms with Crippen LogP contribution in [0.4, 0.5) is 5.82 Å². The Morgan fingerprint density at radius 1 is 1.00 bits per heavy atom. The van der Waals surface area contributed by atoms with Crippen molar-refractivity contribution in [3.05, 3.63) is 72.4 Å². The van der Waals surface area contributed by atoms with Gasteiger partial charge in [0.1, 0.15) is 5.82 Å². The Morgan fingerprint density at radius 2 is 1.87 bits per heavy atom. The van der Waals surface area contributed by atoms with Gasteiger partial charge in [0.05, 0.1) is 12.6 Å². The van der Waals surface area contributed by atoms with Gasteiger partial charge in [-0.1, -0.05) is 12.1 Å². The van der Waals surface area contributed by atoms with E-state index in [-0.39, 0.29) is 12.2 Å². The maximum absolute atomic E-state index is 13.0. The van der Waals surface area contributed by atoms with E-state index in [0.717, 1.165) is 59.6 Å². The third kappa shape index (κ3) is 4.18. The number of ketones is 1. The Hall–Kier alpha value is -3.58. The minimum absolute atomic E-state index is 0.0500. The first-order chi connectivity index (χ1) is 15.2. The monoisotopic (exact) mass is 412 g/mol. The fourth-order valence-electron chi connectivity index (χ4n) is 3.96. The standard InChI is InChI=1S/C24H24N6O/c1-29-16-21(15-28-29)17-2-3-19-14-27-22(11-20(19)10-17)13-23(31)18-4-5-26-24(12-18)30-8-6-25-7-9-30/h2-5,10-12,14-16,25H,6-9,13H2,1H3. The van der Waals surface area contributed by atoms with Gasteiger partial charge >= 0.3 is 0 Å². The smallest absolute Gasteiger partial charge is 0.169 e. The van der Waals surface area contributed by atoms with Gasteiger partial charge in [-0.15, -0.1) is 0 Å². The van der Waals surface area contributed by atoms with E-state index < -0.39 is 0 Å². The molecule has 7 nitrogen and oxygen atoms in total. The van der Waals surface area contributed by atoms with Gasteiger partial charge < -0.3 is 10.2 Å². The lowest BCUT2D eigenvalue weighted by molar-refractivity contribution is 0.0992. The molecule has 0 spiro atoms. The van der Waals surface area contributed by atoms with Gasteiger partial charge in [0.15, 0.2) is 5.78 Å². The molecule has 156 valence electrons. The number of rotatable bonds is 5. The number of piperazine rings is 1. The van der Waals surface area contributed by atoms with E-state index in [2.05, 4.69) is 43.5 Å². The summed E-state index contributed by atoms with van der Waals surface area (Å²) in [6.45, 7) is 3.66. The molecule has 1 aliphatic rings. The maximum Gasteiger partial charge on any atom is 0.169 e. The zero-order valence-corrected chi connectivity index (χ0v) is 17.5. The third-order valence-corrected chi connectivity index (χ3v) is 5.67. The van der Waals surface area contributed by atoms with Crippen molar-refractivity contribution in [1.29, 1.82) is 0 Å². The Morgan fingerprint density at radius 3 is 2.68 bits per heavy atom. The summed E-state index contributed by atoms with van der Waals surface area (Å²) in [5.41, 5.74) is 3.60. The van der Waals surface area contributed by atoms with Gasteiger partial charge in [-0.2, -0.15) is 5.10 Å². The number of Topliss-reactive ketones (excluding diaryl/α,β-unsaturated/α-hetero) is 1. The number of aromatic nitrogens is 4. The van der Waals surface area contributed by atoms with Gasteiger partial charge in [-0.05, 0) is 35.2 Å². The van der Waals surface area contributed by atoms with Crippen molar-refractivity contribution in [2.24, 2.45) is 7.05 Å². The molecule has 1 aliphatic heterocycles. The van der Waals surface area contributed by atoms with Gasteiger partial charge in [0, 0.05) is 74.0 Å². The first-order valence-corrected chi connectivity index (χ1v) is 10.5. The molecular weight excluding hydrogens is 388 g/mol. The highest BCUT2D eigenvalue weighted by atomic mass is 16.1. The van der Waals surface area contributed by atoms with Crippen LogP contribution in [0.15, 0.2) is 61.2 Å². The van der Waals surface area contributed by atoms with Crippen molar-refractivity contribution in [2.45, 2.75) is 6.42 Å². The number of anilines is 1. The highest BCUT2D eigenvalue weighted by molar-refractivity contribution is 5.98. The summed E-state index contributed by atoms with van der Waals surface area (Å²) in [5, 5.41) is 9.70. The molecule has 3 aromatic heterocycles. The molecule has 7 heteroatoms. The van der Waals surface area contributed by atoms with Crippen molar-refractivity contribution in [3.63, 3.8) is 0 Å². The van der Waals surface area contributed by atoms with Gasteiger partial charge in [0.2, 0.25) is 0 Å². The average molecular weight is 412 g/mol. The van der Waals surface area contributed by atoms with Crippen LogP contribution in [0.5, 0.6) is 0 Å². The zero-order valence-electron chi connectivity index (χ0n) is 17.5. The largest absolute Gasteiger partial charge is 0.354 e. The molecule has 0 aliphatic carbocycles. The van der Waals surface area contributed by atoms with Crippen LogP contribution >= 0.6 is 0 Å². The lowest BCUT2D eigenvalue weighted by Crippen LogP contribution is -2.43. The summed E-state index contributed by atoms with van der Waals surface area (Å²) >= 11 is 0. The van der Waals surface area contributed by atoms with E-state index in [4.69, 9.17) is 0 Å². The molecule has 0 unspecified atom stereocenters. The summed E-state index contributed by atoms with van der Waals surface area (Å²) < 4.78 is 1.79. The van der Waals surface area contributed by atoms with Crippen LogP contribution < -0.4 is 10.2 Å². The van der Waals surface area contributed by atoms with E-state index in [1.54, 1.807) is 16.9 Å². The molecule has 31 heavy (non-hydrogen) atoms. The molecule has 0 atom stereocenters. The van der Waals surface area contributed by atoms with E-state index in [0.29, 0.717) is 5.56 Å². The SMILES string of the molecule is Cn1cc(-c2ccc3cnc(CC(=O)c4ccnc(N5CCNCC5)c4)cc3c2)cn1. The van der Waals surface area contributed by atoms with Gasteiger partial charge in [-0.3, -0.25) is 14.5 Å². The van der Waals surface area contributed by atoms with Crippen molar-refractivity contribution in [1.82, 2.24) is 25.1 Å². The lowest BCUT2D eigenvalue weighted by atomic mass is 10.0. The molecule has 1 fully saturated rings. The number of fused-ring (bicyclic) bond motifs is 1. The van der Waals surface area contributed by atoms with E-state index in [1.165, 1.54) is 0 Å². The van der Waals surface area contributed by atoms with Crippen LogP contribution in [0.1, 0.15) is 16.1 Å². The Balaban J connectivity index is 1.37. The summed E-state index contributed by atoms with van der Waals surface area (Å²) in [5.74, 6) is 0.911. The molecule has 1 saturated heterocycles. The number of carbonyl (C=O) groups excluding carboxylic acids is 1. The second kappa shape index (κ2) is 8.28. The molecule has 0 saturated carbocycles. The number of hydrogen-bond donors (Lipinski definition) is 1. The minimum Gasteiger partial charge on any atom is -0.354 e. The number of pyridine rings is 2. The third-order valence-electron chi connectivity index (χ3n) is 5.67. The van der Waals surface area contributed by atoms with Crippen molar-refractivity contribution >= 4 is 22.4 Å². The highest BCUT2D eigenvalue weighted by Crippen LogP contribution is 2.24. The number of benzene rings is 1. The topological polar surface area (TPSA) is 75.9 Å². The predicted molar refractivity (Wildman–Crippen MR) is 121 cm³/mol. The summed E-state index contributed by atoms with van der Waals surface area (Å²) in [4.78, 5) is 24.2. The second-order valence-corrected chi connectivity index (χ2v) is 7.88. The molecule has 4 aromatic rings. The normalized spacial score (nSPS) is 14.2. The molecule has 0 amide bonds. The Kier molecular flexibility index (Phi) is 5.18. The number of nitrogens with one attached hydrogen (secondary N) is 1.